The molecule has 0 radical (unpaired) electrons. The van der Waals surface area contributed by atoms with Crippen molar-refractivity contribution in [3.8, 4) is 11.1 Å². The fourth-order valence-electron chi connectivity index (χ4n) is 4.53. The van der Waals surface area contributed by atoms with E-state index in [0.717, 1.165) is 0 Å². The van der Waals surface area contributed by atoms with Gasteiger partial charge in [-0.2, -0.15) is 0 Å². The molecule has 7 nitrogen and oxygen atoms in total. The highest BCUT2D eigenvalue weighted by atomic mass is 16.5. The van der Waals surface area contributed by atoms with Crippen molar-refractivity contribution >= 4 is 18.0 Å². The molecular formula is C25H28N2O5. The van der Waals surface area contributed by atoms with E-state index in [1.54, 1.807) is 6.92 Å². The summed E-state index contributed by atoms with van der Waals surface area (Å²) in [6.45, 7) is 2.06. The first-order valence-corrected chi connectivity index (χ1v) is 11.1. The minimum absolute atomic E-state index is 0.0142. The zero-order chi connectivity index (χ0) is 22.7. The number of aliphatic carboxylic acids is 1. The third kappa shape index (κ3) is 4.77. The number of carboxylic acids is 1. The molecule has 1 fully saturated rings. The summed E-state index contributed by atoms with van der Waals surface area (Å²) in [5, 5.41) is 14.4. The van der Waals surface area contributed by atoms with Crippen molar-refractivity contribution in [2.75, 3.05) is 6.61 Å². The predicted octanol–water partition coefficient (Wildman–Crippen LogP) is 3.67. The van der Waals surface area contributed by atoms with Crippen LogP contribution in [-0.2, 0) is 14.3 Å². The van der Waals surface area contributed by atoms with Gasteiger partial charge in [0.15, 0.2) is 0 Å². The molecule has 0 aromatic heterocycles. The number of carboxylic acid groups (broad SMARTS) is 1. The Balaban J connectivity index is 1.22. The number of carbonyl (C=O) groups excluding carboxylic acids is 2. The predicted molar refractivity (Wildman–Crippen MR) is 119 cm³/mol. The second kappa shape index (κ2) is 9.42. The summed E-state index contributed by atoms with van der Waals surface area (Å²) in [5.41, 5.74) is 4.70. The maximum Gasteiger partial charge on any atom is 0.407 e. The molecule has 4 rings (SSSR count). The van der Waals surface area contributed by atoms with Crippen LogP contribution in [0.1, 0.15) is 49.7 Å². The van der Waals surface area contributed by atoms with Crippen LogP contribution < -0.4 is 10.6 Å². The van der Waals surface area contributed by atoms with Gasteiger partial charge in [0, 0.05) is 30.3 Å². The molecule has 7 heteroatoms. The molecule has 0 bridgehead atoms. The van der Waals surface area contributed by atoms with Crippen molar-refractivity contribution in [3.05, 3.63) is 59.7 Å². The molecular weight excluding hydrogens is 408 g/mol. The van der Waals surface area contributed by atoms with Crippen molar-refractivity contribution in [2.45, 2.75) is 50.6 Å². The molecule has 2 aromatic carbocycles. The lowest BCUT2D eigenvalue weighted by atomic mass is 9.79. The first-order valence-electron chi connectivity index (χ1n) is 11.1. The number of rotatable bonds is 8. The molecule has 32 heavy (non-hydrogen) atoms. The molecule has 2 aliphatic carbocycles. The van der Waals surface area contributed by atoms with Crippen LogP contribution in [0.2, 0.25) is 0 Å². The van der Waals surface area contributed by atoms with E-state index in [2.05, 4.69) is 34.9 Å². The van der Waals surface area contributed by atoms with Crippen LogP contribution in [0, 0.1) is 5.92 Å². The highest BCUT2D eigenvalue weighted by Gasteiger charge is 2.36. The Hall–Kier alpha value is -3.35. The van der Waals surface area contributed by atoms with Gasteiger partial charge in [0.2, 0.25) is 5.91 Å². The average molecular weight is 437 g/mol. The lowest BCUT2D eigenvalue weighted by Crippen LogP contribution is -2.50. The summed E-state index contributed by atoms with van der Waals surface area (Å²) >= 11 is 0. The minimum atomic E-state index is -0.873. The lowest BCUT2D eigenvalue weighted by molar-refractivity contribution is -0.137. The van der Waals surface area contributed by atoms with E-state index in [-0.39, 0.29) is 42.9 Å². The van der Waals surface area contributed by atoms with Gasteiger partial charge >= 0.3 is 12.1 Å². The fraction of sp³-hybridized carbons (Fsp3) is 0.400. The monoisotopic (exact) mass is 436 g/mol. The number of hydrogen-bond donors (Lipinski definition) is 3. The first kappa shape index (κ1) is 21.9. The largest absolute Gasteiger partial charge is 0.481 e. The molecule has 0 aliphatic heterocycles. The molecule has 2 amide bonds. The molecule has 0 heterocycles. The molecule has 0 saturated heterocycles. The zero-order valence-corrected chi connectivity index (χ0v) is 18.0. The van der Waals surface area contributed by atoms with Crippen LogP contribution in [0.15, 0.2) is 48.5 Å². The summed E-state index contributed by atoms with van der Waals surface area (Å²) in [6.07, 6.45) is 1.07. The normalized spacial score (nSPS) is 19.8. The fourth-order valence-corrected chi connectivity index (χ4v) is 4.53. The summed E-state index contributed by atoms with van der Waals surface area (Å²) in [5.74, 6) is -1.11. The molecule has 2 aliphatic rings. The van der Waals surface area contributed by atoms with E-state index in [4.69, 9.17) is 9.84 Å². The summed E-state index contributed by atoms with van der Waals surface area (Å²) in [6, 6.07) is 16.1. The van der Waals surface area contributed by atoms with Gasteiger partial charge in [-0.05, 0) is 48.4 Å². The summed E-state index contributed by atoms with van der Waals surface area (Å²) in [7, 11) is 0. The van der Waals surface area contributed by atoms with E-state index in [0.29, 0.717) is 19.3 Å². The quantitative estimate of drug-likeness (QED) is 0.586. The second-order valence-corrected chi connectivity index (χ2v) is 8.68. The molecule has 1 saturated carbocycles. The van der Waals surface area contributed by atoms with Gasteiger partial charge in [-0.1, -0.05) is 48.5 Å². The molecule has 1 unspecified atom stereocenters. The van der Waals surface area contributed by atoms with Crippen LogP contribution in [0.4, 0.5) is 4.79 Å². The van der Waals surface area contributed by atoms with Gasteiger partial charge in [0.25, 0.3) is 0 Å². The number of fused-ring (bicyclic) bond motifs is 3. The summed E-state index contributed by atoms with van der Waals surface area (Å²) < 4.78 is 5.55. The van der Waals surface area contributed by atoms with Crippen molar-refractivity contribution in [3.63, 3.8) is 0 Å². The highest BCUT2D eigenvalue weighted by molar-refractivity contribution is 5.81. The number of hydrogen-bond acceptors (Lipinski definition) is 4. The van der Waals surface area contributed by atoms with E-state index in [1.165, 1.54) is 22.3 Å². The second-order valence-electron chi connectivity index (χ2n) is 8.68. The Morgan fingerprint density at radius 2 is 1.62 bits per heavy atom. The first-order chi connectivity index (χ1) is 15.4. The SMILES string of the molecule is CC(CCC(=O)O)NC(=O)C1CC(NC(=O)OCC2c3ccccc3-c3ccccc32)C1. The molecule has 2 aromatic rings. The average Bonchev–Trinajstić information content (AvgIpc) is 3.07. The van der Waals surface area contributed by atoms with E-state index >= 15 is 0 Å². The van der Waals surface area contributed by atoms with Gasteiger partial charge in [-0.15, -0.1) is 0 Å². The van der Waals surface area contributed by atoms with Gasteiger partial charge < -0.3 is 20.5 Å². The Kier molecular flexibility index (Phi) is 6.44. The Bertz CT molecular complexity index is 969. The van der Waals surface area contributed by atoms with Crippen LogP contribution in [0.3, 0.4) is 0 Å². The third-order valence-corrected chi connectivity index (χ3v) is 6.35. The van der Waals surface area contributed by atoms with Crippen molar-refractivity contribution < 1.29 is 24.2 Å². The van der Waals surface area contributed by atoms with Crippen LogP contribution >= 0.6 is 0 Å². The number of amides is 2. The van der Waals surface area contributed by atoms with E-state index < -0.39 is 12.1 Å². The smallest absolute Gasteiger partial charge is 0.407 e. The number of alkyl carbamates (subject to hydrolysis) is 1. The number of carbonyl (C=O) groups is 3. The van der Waals surface area contributed by atoms with Crippen molar-refractivity contribution in [1.82, 2.24) is 10.6 Å². The highest BCUT2D eigenvalue weighted by Crippen LogP contribution is 2.44. The molecule has 1 atom stereocenters. The zero-order valence-electron chi connectivity index (χ0n) is 18.0. The van der Waals surface area contributed by atoms with E-state index in [1.807, 2.05) is 24.3 Å². The number of ether oxygens (including phenoxy) is 1. The Labute approximate surface area is 187 Å². The van der Waals surface area contributed by atoms with Crippen molar-refractivity contribution in [2.24, 2.45) is 5.92 Å². The van der Waals surface area contributed by atoms with Gasteiger partial charge in [0.05, 0.1) is 0 Å². The van der Waals surface area contributed by atoms with Crippen LogP contribution in [0.25, 0.3) is 11.1 Å². The Morgan fingerprint density at radius 3 is 2.22 bits per heavy atom. The number of nitrogens with one attached hydrogen (secondary N) is 2. The van der Waals surface area contributed by atoms with Gasteiger partial charge in [-0.25, -0.2) is 4.79 Å². The maximum absolute atomic E-state index is 12.3. The van der Waals surface area contributed by atoms with Gasteiger partial charge in [-0.3, -0.25) is 9.59 Å². The number of benzene rings is 2. The third-order valence-electron chi connectivity index (χ3n) is 6.35. The lowest BCUT2D eigenvalue weighted by Gasteiger charge is -2.35. The maximum atomic E-state index is 12.3. The van der Waals surface area contributed by atoms with Gasteiger partial charge in [0.1, 0.15) is 6.61 Å². The minimum Gasteiger partial charge on any atom is -0.481 e. The Morgan fingerprint density at radius 1 is 1.03 bits per heavy atom. The summed E-state index contributed by atoms with van der Waals surface area (Å²) in [4.78, 5) is 35.2. The molecule has 0 spiro atoms. The standard InChI is InChI=1S/C25H28N2O5/c1-15(10-11-23(28)29)26-24(30)16-12-17(13-16)27-25(31)32-14-22-20-8-4-2-6-18(20)19-7-3-5-9-21(19)22/h2-9,15-17,22H,10-14H2,1H3,(H,26,30)(H,27,31)(H,28,29). The van der Waals surface area contributed by atoms with Crippen LogP contribution in [-0.4, -0.2) is 41.8 Å². The van der Waals surface area contributed by atoms with Crippen molar-refractivity contribution in [1.29, 1.82) is 0 Å². The molecule has 3 N–H and O–H groups in total. The topological polar surface area (TPSA) is 105 Å². The van der Waals surface area contributed by atoms with Crippen LogP contribution in [0.5, 0.6) is 0 Å². The molecule has 168 valence electrons. The van der Waals surface area contributed by atoms with E-state index in [9.17, 15) is 14.4 Å².